The van der Waals surface area contributed by atoms with Gasteiger partial charge in [-0.25, -0.2) is 10.4 Å². The van der Waals surface area contributed by atoms with Gasteiger partial charge in [-0.1, -0.05) is 68.3 Å². The number of unbranched alkanes of at least 4 members (excludes halogenated alkanes) is 1. The lowest BCUT2D eigenvalue weighted by molar-refractivity contribution is 0.0956. The van der Waals surface area contributed by atoms with Crippen molar-refractivity contribution in [3.8, 4) is 11.3 Å². The van der Waals surface area contributed by atoms with Gasteiger partial charge in [0.05, 0.1) is 21.8 Å². The highest BCUT2D eigenvalue weighted by atomic mass is 35.5. The molecule has 0 bridgehead atoms. The van der Waals surface area contributed by atoms with Crippen molar-refractivity contribution in [3.63, 3.8) is 0 Å². The molecule has 1 aromatic heterocycles. The van der Waals surface area contributed by atoms with Crippen LogP contribution in [0.1, 0.15) is 56.0 Å². The van der Waals surface area contributed by atoms with Gasteiger partial charge >= 0.3 is 0 Å². The van der Waals surface area contributed by atoms with Crippen LogP contribution in [-0.4, -0.2) is 16.6 Å². The quantitative estimate of drug-likeness (QED) is 0.363. The number of carbonyl (C=O) groups excluding carboxylic acids is 1. The minimum Gasteiger partial charge on any atom is -0.267 e. The number of aryl methyl sites for hydroxylation is 1. The van der Waals surface area contributed by atoms with Gasteiger partial charge in [-0.2, -0.15) is 5.10 Å². The summed E-state index contributed by atoms with van der Waals surface area (Å²) in [6, 6.07) is 15.5. The number of benzene rings is 2. The van der Waals surface area contributed by atoms with E-state index in [9.17, 15) is 4.79 Å². The van der Waals surface area contributed by atoms with E-state index in [1.807, 2.05) is 37.3 Å². The van der Waals surface area contributed by atoms with Crippen molar-refractivity contribution >= 4 is 34.1 Å². The lowest BCUT2D eigenvalue weighted by atomic mass is 10.0. The van der Waals surface area contributed by atoms with Crippen LogP contribution < -0.4 is 5.43 Å². The number of hydrogen-bond acceptors (Lipinski definition) is 3. The summed E-state index contributed by atoms with van der Waals surface area (Å²) in [4.78, 5) is 17.7. The molecule has 0 atom stereocenters. The molecule has 0 saturated carbocycles. The van der Waals surface area contributed by atoms with Crippen LogP contribution in [0.15, 0.2) is 53.6 Å². The fourth-order valence-corrected chi connectivity index (χ4v) is 3.37. The van der Waals surface area contributed by atoms with Crippen LogP contribution in [0.3, 0.4) is 0 Å². The Morgan fingerprint density at radius 3 is 2.59 bits per heavy atom. The lowest BCUT2D eigenvalue weighted by Crippen LogP contribution is -2.19. The minimum atomic E-state index is -0.262. The summed E-state index contributed by atoms with van der Waals surface area (Å²) >= 11 is 6.40. The Hall–Kier alpha value is -2.72. The van der Waals surface area contributed by atoms with Crippen molar-refractivity contribution in [1.29, 1.82) is 0 Å². The summed E-state index contributed by atoms with van der Waals surface area (Å²) in [6.45, 7) is 6.18. The summed E-state index contributed by atoms with van der Waals surface area (Å²) in [5.41, 5.74) is 7.64. The third kappa shape index (κ3) is 5.01. The number of nitrogens with one attached hydrogen (secondary N) is 1. The van der Waals surface area contributed by atoms with Crippen molar-refractivity contribution in [2.24, 2.45) is 5.10 Å². The third-order valence-electron chi connectivity index (χ3n) is 4.93. The van der Waals surface area contributed by atoms with Crippen molar-refractivity contribution in [2.75, 3.05) is 0 Å². The first kappa shape index (κ1) is 21.0. The Bertz CT molecular complexity index is 1040. The highest BCUT2D eigenvalue weighted by Gasteiger charge is 2.15. The summed E-state index contributed by atoms with van der Waals surface area (Å²) in [6.07, 6.45) is 3.99. The topological polar surface area (TPSA) is 54.4 Å². The van der Waals surface area contributed by atoms with Crippen molar-refractivity contribution in [2.45, 2.75) is 46.5 Å². The van der Waals surface area contributed by atoms with Crippen LogP contribution in [0.25, 0.3) is 22.2 Å². The number of halogens is 1. The maximum absolute atomic E-state index is 12.9. The van der Waals surface area contributed by atoms with Crippen LogP contribution in [0.4, 0.5) is 0 Å². The monoisotopic (exact) mass is 407 g/mol. The molecular weight excluding hydrogens is 382 g/mol. The van der Waals surface area contributed by atoms with Gasteiger partial charge in [0.2, 0.25) is 0 Å². The van der Waals surface area contributed by atoms with Gasteiger partial charge in [0.15, 0.2) is 0 Å². The highest BCUT2D eigenvalue weighted by molar-refractivity contribution is 6.35. The number of amides is 1. The lowest BCUT2D eigenvalue weighted by Gasteiger charge is -2.11. The standard InChI is InChI=1S/C24H26ClN3O/c1-4-6-8-16(3)27-28-24(29)20-15-22(18-13-11-17(5-2)12-14-18)26-23-19(20)9-7-10-21(23)25/h7,9-15H,4-6,8H2,1-3H3,(H,28,29)/b27-16-. The molecule has 0 spiro atoms. The Balaban J connectivity index is 2.02. The molecule has 4 nitrogen and oxygen atoms in total. The molecule has 2 aromatic carbocycles. The molecule has 1 N–H and O–H groups in total. The number of hydrazone groups is 1. The molecule has 0 aliphatic rings. The predicted molar refractivity (Wildman–Crippen MR) is 122 cm³/mol. The van der Waals surface area contributed by atoms with Gasteiger partial charge in [0, 0.05) is 16.7 Å². The Morgan fingerprint density at radius 2 is 1.90 bits per heavy atom. The zero-order chi connectivity index (χ0) is 20.8. The van der Waals surface area contributed by atoms with Crippen LogP contribution in [0, 0.1) is 0 Å². The molecule has 29 heavy (non-hydrogen) atoms. The summed E-state index contributed by atoms with van der Waals surface area (Å²) < 4.78 is 0. The van der Waals surface area contributed by atoms with Gasteiger partial charge in [0.25, 0.3) is 5.91 Å². The maximum atomic E-state index is 12.9. The molecule has 5 heteroatoms. The molecule has 1 amide bonds. The number of para-hydroxylation sites is 1. The predicted octanol–water partition coefficient (Wildman–Crippen LogP) is 6.41. The number of rotatable bonds is 7. The number of hydrogen-bond donors (Lipinski definition) is 1. The largest absolute Gasteiger partial charge is 0.272 e. The maximum Gasteiger partial charge on any atom is 0.272 e. The fraction of sp³-hybridized carbons (Fsp3) is 0.292. The molecule has 0 saturated heterocycles. The first-order chi connectivity index (χ1) is 14.0. The molecule has 150 valence electrons. The van der Waals surface area contributed by atoms with Crippen LogP contribution in [-0.2, 0) is 6.42 Å². The molecule has 0 radical (unpaired) electrons. The van der Waals surface area contributed by atoms with Gasteiger partial charge in [-0.05, 0) is 43.9 Å². The molecule has 0 aliphatic carbocycles. The number of pyridine rings is 1. The second kappa shape index (κ2) is 9.66. The number of fused-ring (bicyclic) bond motifs is 1. The minimum absolute atomic E-state index is 0.262. The Labute approximate surface area is 177 Å². The Kier molecular flexibility index (Phi) is 6.99. The third-order valence-corrected chi connectivity index (χ3v) is 5.24. The van der Waals surface area contributed by atoms with E-state index in [0.29, 0.717) is 27.2 Å². The normalized spacial score (nSPS) is 11.7. The fourth-order valence-electron chi connectivity index (χ4n) is 3.16. The number of carbonyl (C=O) groups is 1. The zero-order valence-corrected chi connectivity index (χ0v) is 17.9. The molecule has 0 fully saturated rings. The van der Waals surface area contributed by atoms with E-state index >= 15 is 0 Å². The van der Waals surface area contributed by atoms with E-state index < -0.39 is 0 Å². The molecule has 0 aliphatic heterocycles. The van der Waals surface area contributed by atoms with E-state index in [1.165, 1.54) is 5.56 Å². The number of aromatic nitrogens is 1. The molecule has 3 aromatic rings. The molecule has 1 heterocycles. The first-order valence-electron chi connectivity index (χ1n) is 10.1. The van der Waals surface area contributed by atoms with Crippen molar-refractivity contribution in [1.82, 2.24) is 10.4 Å². The van der Waals surface area contributed by atoms with Gasteiger partial charge in [0.1, 0.15) is 0 Å². The van der Waals surface area contributed by atoms with E-state index in [2.05, 4.69) is 36.5 Å². The summed E-state index contributed by atoms with van der Waals surface area (Å²) in [5.74, 6) is -0.262. The summed E-state index contributed by atoms with van der Waals surface area (Å²) in [5, 5.41) is 5.49. The second-order valence-electron chi connectivity index (χ2n) is 7.13. The van der Waals surface area contributed by atoms with E-state index in [1.54, 1.807) is 6.07 Å². The van der Waals surface area contributed by atoms with E-state index in [0.717, 1.165) is 37.0 Å². The smallest absolute Gasteiger partial charge is 0.267 e. The molecular formula is C24H26ClN3O. The van der Waals surface area contributed by atoms with Crippen molar-refractivity contribution < 1.29 is 4.79 Å². The van der Waals surface area contributed by atoms with Crippen LogP contribution in [0.5, 0.6) is 0 Å². The van der Waals surface area contributed by atoms with E-state index in [-0.39, 0.29) is 5.91 Å². The summed E-state index contributed by atoms with van der Waals surface area (Å²) in [7, 11) is 0. The Morgan fingerprint density at radius 1 is 1.14 bits per heavy atom. The SMILES string of the molecule is CCCC/C(C)=N\NC(=O)c1cc(-c2ccc(CC)cc2)nc2c(Cl)cccc12. The van der Waals surface area contributed by atoms with Crippen LogP contribution in [0.2, 0.25) is 5.02 Å². The zero-order valence-electron chi connectivity index (χ0n) is 17.1. The second-order valence-corrected chi connectivity index (χ2v) is 7.54. The number of nitrogens with zero attached hydrogens (tertiary/aromatic N) is 2. The van der Waals surface area contributed by atoms with Crippen LogP contribution >= 0.6 is 11.6 Å². The van der Waals surface area contributed by atoms with E-state index in [4.69, 9.17) is 16.6 Å². The van der Waals surface area contributed by atoms with Gasteiger partial charge in [-0.3, -0.25) is 4.79 Å². The average Bonchev–Trinajstić information content (AvgIpc) is 2.75. The molecule has 0 unspecified atom stereocenters. The highest BCUT2D eigenvalue weighted by Crippen LogP contribution is 2.29. The van der Waals surface area contributed by atoms with Crippen molar-refractivity contribution in [3.05, 3.63) is 64.7 Å². The first-order valence-corrected chi connectivity index (χ1v) is 10.4. The van der Waals surface area contributed by atoms with Gasteiger partial charge in [-0.15, -0.1) is 0 Å². The molecule has 3 rings (SSSR count). The average molecular weight is 408 g/mol. The van der Waals surface area contributed by atoms with Gasteiger partial charge < -0.3 is 0 Å².